The van der Waals surface area contributed by atoms with Crippen LogP contribution in [-0.2, 0) is 21.2 Å². The normalized spacial score (nSPS) is 16.3. The Morgan fingerprint density at radius 3 is 2.52 bits per heavy atom. The van der Waals surface area contributed by atoms with Gasteiger partial charge >= 0.3 is 6.09 Å². The van der Waals surface area contributed by atoms with Crippen molar-refractivity contribution in [3.8, 4) is 0 Å². The number of benzene rings is 1. The fourth-order valence-corrected chi connectivity index (χ4v) is 4.12. The number of nitrogens with zero attached hydrogens (tertiary/aromatic N) is 1. The summed E-state index contributed by atoms with van der Waals surface area (Å²) in [7, 11) is -3.34. The third-order valence-corrected chi connectivity index (χ3v) is 5.92. The van der Waals surface area contributed by atoms with Gasteiger partial charge in [-0.15, -0.1) is 0 Å². The summed E-state index contributed by atoms with van der Waals surface area (Å²) in [6, 6.07) is 9.77. The van der Waals surface area contributed by atoms with E-state index in [-0.39, 0.29) is 6.09 Å². The van der Waals surface area contributed by atoms with Gasteiger partial charge < -0.3 is 9.64 Å². The van der Waals surface area contributed by atoms with Crippen molar-refractivity contribution in [1.29, 1.82) is 0 Å². The van der Waals surface area contributed by atoms with Crippen LogP contribution < -0.4 is 4.72 Å². The van der Waals surface area contributed by atoms with Gasteiger partial charge in [-0.25, -0.2) is 17.9 Å². The molecule has 1 aliphatic rings. The second-order valence-corrected chi connectivity index (χ2v) is 7.61. The highest BCUT2D eigenvalue weighted by molar-refractivity contribution is 7.90. The minimum atomic E-state index is -3.34. The highest BCUT2D eigenvalue weighted by Gasteiger charge is 2.31. The smallest absolute Gasteiger partial charge is 0.409 e. The summed E-state index contributed by atoms with van der Waals surface area (Å²) in [5.41, 5.74) is 1.10. The van der Waals surface area contributed by atoms with E-state index in [9.17, 15) is 13.2 Å². The van der Waals surface area contributed by atoms with Gasteiger partial charge in [0.1, 0.15) is 0 Å². The van der Waals surface area contributed by atoms with E-state index in [4.69, 9.17) is 4.74 Å². The molecule has 0 spiro atoms. The molecule has 0 atom stereocenters. The SMILES string of the molecule is CCOC(=O)N1CCC(S(=O)(=O)NCCc2ccccc2)CC1. The lowest BCUT2D eigenvalue weighted by Crippen LogP contribution is -2.46. The summed E-state index contributed by atoms with van der Waals surface area (Å²) < 4.78 is 32.3. The Morgan fingerprint density at radius 2 is 1.91 bits per heavy atom. The average molecular weight is 340 g/mol. The van der Waals surface area contributed by atoms with Gasteiger partial charge in [-0.3, -0.25) is 0 Å². The van der Waals surface area contributed by atoms with E-state index in [0.29, 0.717) is 45.5 Å². The van der Waals surface area contributed by atoms with Gasteiger partial charge in [0.2, 0.25) is 10.0 Å². The first-order chi connectivity index (χ1) is 11.0. The van der Waals surface area contributed by atoms with Crippen LogP contribution in [0.5, 0.6) is 0 Å². The van der Waals surface area contributed by atoms with Crippen LogP contribution in [-0.4, -0.2) is 50.9 Å². The summed E-state index contributed by atoms with van der Waals surface area (Å²) >= 11 is 0. The van der Waals surface area contributed by atoms with Crippen molar-refractivity contribution in [2.45, 2.75) is 31.4 Å². The van der Waals surface area contributed by atoms with Gasteiger partial charge in [-0.05, 0) is 31.7 Å². The number of sulfonamides is 1. The minimum absolute atomic E-state index is 0.331. The summed E-state index contributed by atoms with van der Waals surface area (Å²) in [6.45, 7) is 3.32. The molecular formula is C16H24N2O4S. The van der Waals surface area contributed by atoms with Crippen LogP contribution in [0, 0.1) is 0 Å². The monoisotopic (exact) mass is 340 g/mol. The molecule has 0 aliphatic carbocycles. The van der Waals surface area contributed by atoms with E-state index in [0.717, 1.165) is 5.56 Å². The zero-order chi connectivity index (χ0) is 16.7. The number of nitrogens with one attached hydrogen (secondary N) is 1. The minimum Gasteiger partial charge on any atom is -0.450 e. The lowest BCUT2D eigenvalue weighted by atomic mass is 10.1. The Labute approximate surface area is 137 Å². The predicted octanol–water partition coefficient (Wildman–Crippen LogP) is 1.77. The molecule has 0 bridgehead atoms. The molecule has 0 saturated carbocycles. The number of carbonyl (C=O) groups is 1. The highest BCUT2D eigenvalue weighted by Crippen LogP contribution is 2.17. The van der Waals surface area contributed by atoms with Gasteiger partial charge in [-0.2, -0.15) is 0 Å². The number of amides is 1. The van der Waals surface area contributed by atoms with Crippen LogP contribution in [0.1, 0.15) is 25.3 Å². The van der Waals surface area contributed by atoms with Crippen LogP contribution in [0.2, 0.25) is 0 Å². The maximum atomic E-state index is 12.3. The molecule has 1 heterocycles. The second kappa shape index (κ2) is 8.31. The molecule has 128 valence electrons. The summed E-state index contributed by atoms with van der Waals surface area (Å²) in [5, 5.41) is -0.441. The van der Waals surface area contributed by atoms with Crippen molar-refractivity contribution in [2.75, 3.05) is 26.2 Å². The Bertz CT molecular complexity index is 596. The predicted molar refractivity (Wildman–Crippen MR) is 88.7 cm³/mol. The molecule has 1 amide bonds. The third-order valence-electron chi connectivity index (χ3n) is 3.97. The first-order valence-electron chi connectivity index (χ1n) is 7.97. The molecule has 0 aromatic heterocycles. The van der Waals surface area contributed by atoms with Gasteiger partial charge in [0.25, 0.3) is 0 Å². The molecule has 2 rings (SSSR count). The summed E-state index contributed by atoms with van der Waals surface area (Å²) in [4.78, 5) is 13.2. The van der Waals surface area contributed by atoms with E-state index in [1.54, 1.807) is 11.8 Å². The molecule has 1 aromatic carbocycles. The molecule has 1 aliphatic heterocycles. The number of carbonyl (C=O) groups excluding carboxylic acids is 1. The van der Waals surface area contributed by atoms with E-state index in [1.165, 1.54) is 0 Å². The lowest BCUT2D eigenvalue weighted by Gasteiger charge is -2.30. The fraction of sp³-hybridized carbons (Fsp3) is 0.562. The molecule has 1 fully saturated rings. The van der Waals surface area contributed by atoms with Crippen LogP contribution in [0.3, 0.4) is 0 Å². The van der Waals surface area contributed by atoms with Crippen molar-refractivity contribution in [3.05, 3.63) is 35.9 Å². The number of likely N-dealkylation sites (tertiary alicyclic amines) is 1. The molecule has 0 radical (unpaired) electrons. The molecule has 6 nitrogen and oxygen atoms in total. The van der Waals surface area contributed by atoms with Gasteiger partial charge in [0.05, 0.1) is 11.9 Å². The molecule has 1 saturated heterocycles. The van der Waals surface area contributed by atoms with Crippen molar-refractivity contribution >= 4 is 16.1 Å². The second-order valence-electron chi connectivity index (χ2n) is 5.56. The highest BCUT2D eigenvalue weighted by atomic mass is 32.2. The average Bonchev–Trinajstić information content (AvgIpc) is 2.56. The van der Waals surface area contributed by atoms with Crippen molar-refractivity contribution in [2.24, 2.45) is 0 Å². The zero-order valence-electron chi connectivity index (χ0n) is 13.4. The van der Waals surface area contributed by atoms with Crippen molar-refractivity contribution in [1.82, 2.24) is 9.62 Å². The number of piperidine rings is 1. The van der Waals surface area contributed by atoms with E-state index in [2.05, 4.69) is 4.72 Å². The fourth-order valence-electron chi connectivity index (χ4n) is 2.66. The van der Waals surface area contributed by atoms with Crippen LogP contribution in [0.15, 0.2) is 30.3 Å². The largest absolute Gasteiger partial charge is 0.450 e. The van der Waals surface area contributed by atoms with E-state index < -0.39 is 15.3 Å². The molecule has 1 aromatic rings. The number of hydrogen-bond donors (Lipinski definition) is 1. The topological polar surface area (TPSA) is 75.7 Å². The standard InChI is InChI=1S/C16H24N2O4S/c1-2-22-16(19)18-12-9-15(10-13-18)23(20,21)17-11-8-14-6-4-3-5-7-14/h3-7,15,17H,2,8-13H2,1H3. The molecular weight excluding hydrogens is 316 g/mol. The first-order valence-corrected chi connectivity index (χ1v) is 9.51. The maximum Gasteiger partial charge on any atom is 0.409 e. The van der Waals surface area contributed by atoms with E-state index >= 15 is 0 Å². The summed E-state index contributed by atoms with van der Waals surface area (Å²) in [5.74, 6) is 0. The Hall–Kier alpha value is -1.60. The zero-order valence-corrected chi connectivity index (χ0v) is 14.2. The quantitative estimate of drug-likeness (QED) is 0.856. The third kappa shape index (κ3) is 5.21. The first kappa shape index (κ1) is 17.7. The van der Waals surface area contributed by atoms with Crippen molar-refractivity contribution < 1.29 is 17.9 Å². The lowest BCUT2D eigenvalue weighted by molar-refractivity contribution is 0.1000. The summed E-state index contributed by atoms with van der Waals surface area (Å²) in [6.07, 6.45) is 1.20. The van der Waals surface area contributed by atoms with E-state index in [1.807, 2.05) is 30.3 Å². The number of ether oxygens (including phenoxy) is 1. The van der Waals surface area contributed by atoms with Gasteiger partial charge in [-0.1, -0.05) is 30.3 Å². The molecule has 0 unspecified atom stereocenters. The Kier molecular flexibility index (Phi) is 6.41. The van der Waals surface area contributed by atoms with Crippen LogP contribution in [0.4, 0.5) is 4.79 Å². The van der Waals surface area contributed by atoms with Crippen molar-refractivity contribution in [3.63, 3.8) is 0 Å². The van der Waals surface area contributed by atoms with Gasteiger partial charge in [0.15, 0.2) is 0 Å². The van der Waals surface area contributed by atoms with Gasteiger partial charge in [0, 0.05) is 19.6 Å². The molecule has 7 heteroatoms. The maximum absolute atomic E-state index is 12.3. The Morgan fingerprint density at radius 1 is 1.26 bits per heavy atom. The molecule has 1 N–H and O–H groups in total. The molecule has 23 heavy (non-hydrogen) atoms. The van der Waals surface area contributed by atoms with Crippen LogP contribution in [0.25, 0.3) is 0 Å². The van der Waals surface area contributed by atoms with Crippen LogP contribution >= 0.6 is 0 Å². The number of hydrogen-bond acceptors (Lipinski definition) is 4. The Balaban J connectivity index is 1.78. The number of rotatable bonds is 6.